The van der Waals surface area contributed by atoms with Crippen molar-refractivity contribution in [1.82, 2.24) is 19.1 Å². The number of hydrogen-bond acceptors (Lipinski definition) is 8. The van der Waals surface area contributed by atoms with Crippen molar-refractivity contribution in [3.63, 3.8) is 0 Å². The predicted molar refractivity (Wildman–Crippen MR) is 139 cm³/mol. The highest BCUT2D eigenvalue weighted by Gasteiger charge is 2.33. The molecule has 0 bridgehead atoms. The molecule has 0 spiro atoms. The number of carbonyl (C=O) groups is 1. The first kappa shape index (κ1) is 27.3. The van der Waals surface area contributed by atoms with Crippen molar-refractivity contribution < 1.29 is 32.2 Å². The minimum Gasteiger partial charge on any atom is -0.457 e. The highest BCUT2D eigenvalue weighted by atomic mass is 19.4. The van der Waals surface area contributed by atoms with Crippen LogP contribution >= 0.6 is 0 Å². The summed E-state index contributed by atoms with van der Waals surface area (Å²) in [7, 11) is 1.66. The predicted octanol–water partition coefficient (Wildman–Crippen LogP) is 4.23. The molecule has 1 saturated heterocycles. The maximum absolute atomic E-state index is 13.7. The maximum atomic E-state index is 13.7. The zero-order valence-corrected chi connectivity index (χ0v) is 21.7. The van der Waals surface area contributed by atoms with Crippen LogP contribution in [0.15, 0.2) is 53.6 Å². The van der Waals surface area contributed by atoms with Gasteiger partial charge in [-0.3, -0.25) is 14.6 Å². The summed E-state index contributed by atoms with van der Waals surface area (Å²) in [6.45, 7) is 2.26. The van der Waals surface area contributed by atoms with Crippen LogP contribution in [-0.4, -0.2) is 50.8 Å². The minimum absolute atomic E-state index is 0.0233. The van der Waals surface area contributed by atoms with E-state index in [1.165, 1.54) is 6.92 Å². The number of fused-ring (bicyclic) bond motifs is 1. The van der Waals surface area contributed by atoms with Gasteiger partial charge in [0.05, 0.1) is 54.8 Å². The fraction of sp³-hybridized carbons (Fsp3) is 0.333. The summed E-state index contributed by atoms with van der Waals surface area (Å²) in [6.07, 6.45) is -2.70. The van der Waals surface area contributed by atoms with Gasteiger partial charge < -0.3 is 28.7 Å². The van der Waals surface area contributed by atoms with E-state index < -0.39 is 23.4 Å². The number of halogens is 3. The average Bonchev–Trinajstić information content (AvgIpc) is 3.20. The highest BCUT2D eigenvalue weighted by molar-refractivity contribution is 5.81. The number of carbonyl (C=O) groups excluding carboxylic acids is 1. The molecule has 5 rings (SSSR count). The summed E-state index contributed by atoms with van der Waals surface area (Å²) in [5.41, 5.74) is -0.203. The molecule has 0 radical (unpaired) electrons. The van der Waals surface area contributed by atoms with E-state index in [4.69, 9.17) is 14.2 Å². The fourth-order valence-electron chi connectivity index (χ4n) is 4.35. The van der Waals surface area contributed by atoms with Crippen LogP contribution in [-0.2, 0) is 40.5 Å². The Kier molecular flexibility index (Phi) is 7.59. The number of Topliss-reactive ketones (excluding diaryl/α,β-unsaturated/α-hetero) is 1. The number of rotatable bonds is 8. The Morgan fingerprint density at radius 1 is 1.18 bits per heavy atom. The van der Waals surface area contributed by atoms with E-state index in [0.717, 1.165) is 16.8 Å². The molecular formula is C27H26F3N5O5. The molecule has 40 heavy (non-hydrogen) atoms. The zero-order chi connectivity index (χ0) is 28.4. The maximum Gasteiger partial charge on any atom is 0.417 e. The standard InChI is InChI=1S/C27H26F3N5O5/c1-16(36)9-18-11-20(5-6-31-18)40-19-3-4-22-24(12-19)34(2)26(32-22)33-23-10-17(27(28,29)30)13-35(25(23)37)14-21-15-38-7-8-39-21/h3-6,10-13,21H,7-9,14-15H2,1-2H3,(H,32,33)/t21-/m0/s1. The number of nitrogens with one attached hydrogen (secondary N) is 1. The first-order valence-corrected chi connectivity index (χ1v) is 12.4. The first-order valence-electron chi connectivity index (χ1n) is 12.4. The van der Waals surface area contributed by atoms with Crippen molar-refractivity contribution in [1.29, 1.82) is 0 Å². The molecule has 0 saturated carbocycles. The van der Waals surface area contributed by atoms with Gasteiger partial charge in [-0.15, -0.1) is 0 Å². The summed E-state index contributed by atoms with van der Waals surface area (Å²) < 4.78 is 60.5. The molecule has 4 heterocycles. The second kappa shape index (κ2) is 11.1. The second-order valence-electron chi connectivity index (χ2n) is 9.40. The van der Waals surface area contributed by atoms with Crippen LogP contribution in [0.3, 0.4) is 0 Å². The third kappa shape index (κ3) is 6.15. The number of nitrogens with zero attached hydrogens (tertiary/aromatic N) is 4. The molecule has 0 amide bonds. The van der Waals surface area contributed by atoms with Gasteiger partial charge in [-0.25, -0.2) is 4.98 Å². The van der Waals surface area contributed by atoms with Crippen LogP contribution in [0.1, 0.15) is 18.2 Å². The van der Waals surface area contributed by atoms with E-state index in [2.05, 4.69) is 15.3 Å². The Morgan fingerprint density at radius 3 is 2.70 bits per heavy atom. The molecule has 0 aliphatic carbocycles. The molecule has 1 aromatic carbocycles. The Bertz CT molecular complexity index is 1610. The summed E-state index contributed by atoms with van der Waals surface area (Å²) in [5, 5.41) is 2.78. The number of imidazole rings is 1. The number of aromatic nitrogens is 4. The second-order valence-corrected chi connectivity index (χ2v) is 9.40. The molecule has 4 aromatic rings. The zero-order valence-electron chi connectivity index (χ0n) is 21.7. The van der Waals surface area contributed by atoms with Gasteiger partial charge in [-0.1, -0.05) is 0 Å². The molecule has 0 unspecified atom stereocenters. The molecule has 10 nitrogen and oxygen atoms in total. The van der Waals surface area contributed by atoms with E-state index in [1.807, 2.05) is 0 Å². The smallest absolute Gasteiger partial charge is 0.417 e. The summed E-state index contributed by atoms with van der Waals surface area (Å²) in [5.74, 6) is 1.10. The largest absolute Gasteiger partial charge is 0.457 e. The van der Waals surface area contributed by atoms with Crippen molar-refractivity contribution in [2.75, 3.05) is 25.1 Å². The normalized spacial score (nSPS) is 15.8. The molecule has 1 atom stereocenters. The number of alkyl halides is 3. The topological polar surface area (TPSA) is 110 Å². The van der Waals surface area contributed by atoms with E-state index in [-0.39, 0.29) is 37.0 Å². The van der Waals surface area contributed by atoms with Gasteiger partial charge in [0.1, 0.15) is 23.0 Å². The Hall–Kier alpha value is -4.23. The van der Waals surface area contributed by atoms with Crippen molar-refractivity contribution in [2.45, 2.75) is 32.2 Å². The van der Waals surface area contributed by atoms with E-state index in [9.17, 15) is 22.8 Å². The number of ether oxygens (including phenoxy) is 3. The molecule has 1 aliphatic rings. The van der Waals surface area contributed by atoms with Crippen molar-refractivity contribution in [2.24, 2.45) is 7.05 Å². The Morgan fingerprint density at radius 2 is 1.98 bits per heavy atom. The lowest BCUT2D eigenvalue weighted by Crippen LogP contribution is -2.36. The lowest BCUT2D eigenvalue weighted by atomic mass is 10.2. The highest BCUT2D eigenvalue weighted by Crippen LogP contribution is 2.32. The van der Waals surface area contributed by atoms with Gasteiger partial charge in [-0.05, 0) is 31.2 Å². The van der Waals surface area contributed by atoms with Crippen LogP contribution < -0.4 is 15.6 Å². The van der Waals surface area contributed by atoms with E-state index in [1.54, 1.807) is 48.1 Å². The monoisotopic (exact) mass is 557 g/mol. The van der Waals surface area contributed by atoms with Crippen molar-refractivity contribution in [3.8, 4) is 11.5 Å². The molecule has 3 aromatic heterocycles. The molecule has 1 fully saturated rings. The van der Waals surface area contributed by atoms with Gasteiger partial charge in [0.2, 0.25) is 5.95 Å². The van der Waals surface area contributed by atoms with Crippen LogP contribution in [0.5, 0.6) is 11.5 Å². The van der Waals surface area contributed by atoms with Crippen molar-refractivity contribution in [3.05, 3.63) is 70.4 Å². The molecule has 210 valence electrons. The molecule has 1 N–H and O–H groups in total. The summed E-state index contributed by atoms with van der Waals surface area (Å²) in [6, 6.07) is 9.20. The SMILES string of the molecule is CC(=O)Cc1cc(Oc2ccc3nc(Nc4cc(C(F)(F)F)cn(C[C@H]5COCCO5)c4=O)n(C)c3c2)ccn1. The number of benzene rings is 1. The molecule has 1 aliphatic heterocycles. The van der Waals surface area contributed by atoms with Crippen molar-refractivity contribution >= 4 is 28.5 Å². The molecule has 13 heteroatoms. The van der Waals surface area contributed by atoms with Crippen LogP contribution in [0.25, 0.3) is 11.0 Å². The first-order chi connectivity index (χ1) is 19.1. The molecular weight excluding hydrogens is 531 g/mol. The summed E-state index contributed by atoms with van der Waals surface area (Å²) in [4.78, 5) is 33.2. The number of anilines is 2. The fourth-order valence-corrected chi connectivity index (χ4v) is 4.35. The third-order valence-corrected chi connectivity index (χ3v) is 6.25. The van der Waals surface area contributed by atoms with Crippen LogP contribution in [0.2, 0.25) is 0 Å². The van der Waals surface area contributed by atoms with E-state index >= 15 is 0 Å². The van der Waals surface area contributed by atoms with E-state index in [0.29, 0.717) is 41.4 Å². The van der Waals surface area contributed by atoms with Gasteiger partial charge in [0, 0.05) is 38.0 Å². The van der Waals surface area contributed by atoms with Gasteiger partial charge in [-0.2, -0.15) is 13.2 Å². The Balaban J connectivity index is 1.43. The van der Waals surface area contributed by atoms with Gasteiger partial charge in [0.25, 0.3) is 5.56 Å². The number of hydrogen-bond donors (Lipinski definition) is 1. The van der Waals surface area contributed by atoms with Gasteiger partial charge in [0.15, 0.2) is 0 Å². The lowest BCUT2D eigenvalue weighted by Gasteiger charge is -2.24. The quantitative estimate of drug-likeness (QED) is 0.343. The average molecular weight is 558 g/mol. The van der Waals surface area contributed by atoms with Crippen LogP contribution in [0.4, 0.5) is 24.8 Å². The lowest BCUT2D eigenvalue weighted by molar-refractivity contribution is -0.138. The number of pyridine rings is 2. The minimum atomic E-state index is -4.67. The van der Waals surface area contributed by atoms with Crippen LogP contribution in [0, 0.1) is 0 Å². The van der Waals surface area contributed by atoms with Gasteiger partial charge >= 0.3 is 6.18 Å². The Labute approximate surface area is 226 Å². The third-order valence-electron chi connectivity index (χ3n) is 6.25. The number of ketones is 1. The summed E-state index contributed by atoms with van der Waals surface area (Å²) >= 11 is 0. The number of aryl methyl sites for hydroxylation is 1.